The fourth-order valence-corrected chi connectivity index (χ4v) is 3.12. The van der Waals surface area contributed by atoms with Crippen molar-refractivity contribution in [3.8, 4) is 11.1 Å². The molecule has 1 heterocycles. The van der Waals surface area contributed by atoms with E-state index >= 15 is 0 Å². The second-order valence-electron chi connectivity index (χ2n) is 6.99. The minimum atomic E-state index is -0.968. The number of nitrogens with one attached hydrogen (secondary N) is 1. The number of carbonyl (C=O) groups is 1. The Hall–Kier alpha value is -2.67. The average Bonchev–Trinajstić information content (AvgIpc) is 2.67. The Labute approximate surface area is 175 Å². The molecule has 6 nitrogen and oxygen atoms in total. The molecule has 2 N–H and O–H groups in total. The van der Waals surface area contributed by atoms with Crippen LogP contribution in [0.4, 0.5) is 0 Å². The molecule has 0 bridgehead atoms. The fraction of sp³-hybridized carbons (Fsp3) is 0.273. The molecule has 0 fully saturated rings. The Balaban J connectivity index is 0.00000300. The lowest BCUT2D eigenvalue weighted by Gasteiger charge is -2.15. The summed E-state index contributed by atoms with van der Waals surface area (Å²) in [7, 11) is 3.89. The monoisotopic (exact) mass is 416 g/mol. The van der Waals surface area contributed by atoms with Crippen LogP contribution in [0.15, 0.2) is 57.7 Å². The molecule has 7 heteroatoms. The summed E-state index contributed by atoms with van der Waals surface area (Å²) in [6.07, 6.45) is -0.968. The van der Waals surface area contributed by atoms with Gasteiger partial charge in [-0.1, -0.05) is 30.3 Å². The number of fused-ring (bicyclic) bond motifs is 1. The molecule has 1 atom stereocenters. The van der Waals surface area contributed by atoms with E-state index in [9.17, 15) is 14.7 Å². The van der Waals surface area contributed by atoms with Crippen molar-refractivity contribution in [2.24, 2.45) is 0 Å². The number of likely N-dealkylation sites (N-methyl/N-ethyl adjacent to an activating group) is 1. The molecule has 0 radical (unpaired) electrons. The van der Waals surface area contributed by atoms with Gasteiger partial charge in [0.2, 0.25) is 0 Å². The van der Waals surface area contributed by atoms with Crippen molar-refractivity contribution in [3.05, 3.63) is 70.3 Å². The van der Waals surface area contributed by atoms with Gasteiger partial charge < -0.3 is 19.7 Å². The standard InChI is InChI=1S/C22H24N2O4.ClH/c1-14(25)20-19(17-9-4-5-10-18(17)22(27)28-20)15-7-6-8-16(13-15)21(26)23-11-12-24(2)3;/h4-10,13-14,25H,11-12H2,1-3H3,(H,23,26);1H. The highest BCUT2D eigenvalue weighted by Crippen LogP contribution is 2.34. The highest BCUT2D eigenvalue weighted by atomic mass is 35.5. The molecule has 1 unspecified atom stereocenters. The summed E-state index contributed by atoms with van der Waals surface area (Å²) < 4.78 is 5.42. The van der Waals surface area contributed by atoms with E-state index in [1.165, 1.54) is 0 Å². The van der Waals surface area contributed by atoms with Crippen LogP contribution < -0.4 is 10.9 Å². The topological polar surface area (TPSA) is 82.8 Å². The van der Waals surface area contributed by atoms with Crippen molar-refractivity contribution in [1.82, 2.24) is 10.2 Å². The number of rotatable bonds is 6. The number of aliphatic hydroxyl groups excluding tert-OH is 1. The molecule has 1 amide bonds. The largest absolute Gasteiger partial charge is 0.424 e. The van der Waals surface area contributed by atoms with Gasteiger partial charge in [0.05, 0.1) is 5.39 Å². The lowest BCUT2D eigenvalue weighted by Crippen LogP contribution is -2.31. The lowest BCUT2D eigenvalue weighted by molar-refractivity contribution is 0.0951. The third-order valence-corrected chi connectivity index (χ3v) is 4.50. The molecule has 0 aliphatic heterocycles. The van der Waals surface area contributed by atoms with Gasteiger partial charge in [0.25, 0.3) is 5.91 Å². The first-order valence-corrected chi connectivity index (χ1v) is 9.15. The van der Waals surface area contributed by atoms with Crippen LogP contribution in [0, 0.1) is 0 Å². The van der Waals surface area contributed by atoms with Crippen LogP contribution in [0.25, 0.3) is 21.9 Å². The summed E-state index contributed by atoms with van der Waals surface area (Å²) in [5.74, 6) is 0.0119. The summed E-state index contributed by atoms with van der Waals surface area (Å²) in [6, 6.07) is 14.2. The SMILES string of the molecule is CC(O)c1oc(=O)c2ccccc2c1-c1cccc(C(=O)NCCN(C)C)c1.Cl. The Morgan fingerprint density at radius 2 is 1.83 bits per heavy atom. The third-order valence-electron chi connectivity index (χ3n) is 4.50. The molecule has 29 heavy (non-hydrogen) atoms. The number of hydrogen-bond acceptors (Lipinski definition) is 5. The third kappa shape index (κ3) is 5.03. The maximum absolute atomic E-state index is 12.5. The molecular weight excluding hydrogens is 392 g/mol. The molecule has 0 saturated carbocycles. The average molecular weight is 417 g/mol. The van der Waals surface area contributed by atoms with Gasteiger partial charge in [-0.25, -0.2) is 4.79 Å². The molecule has 0 saturated heterocycles. The molecule has 0 aliphatic rings. The van der Waals surface area contributed by atoms with Crippen molar-refractivity contribution in [2.75, 3.05) is 27.2 Å². The first-order valence-electron chi connectivity index (χ1n) is 9.15. The number of aliphatic hydroxyl groups is 1. The van der Waals surface area contributed by atoms with Gasteiger partial charge >= 0.3 is 5.63 Å². The van der Waals surface area contributed by atoms with Crippen molar-refractivity contribution in [3.63, 3.8) is 0 Å². The van der Waals surface area contributed by atoms with Gasteiger partial charge in [0.15, 0.2) is 0 Å². The first-order chi connectivity index (χ1) is 13.4. The van der Waals surface area contributed by atoms with Crippen LogP contribution >= 0.6 is 12.4 Å². The summed E-state index contributed by atoms with van der Waals surface area (Å²) in [5, 5.41) is 14.2. The molecule has 2 aromatic carbocycles. The minimum Gasteiger partial charge on any atom is -0.424 e. The van der Waals surface area contributed by atoms with Gasteiger partial charge in [-0.3, -0.25) is 4.79 Å². The van der Waals surface area contributed by atoms with Crippen molar-refractivity contribution >= 4 is 29.1 Å². The van der Waals surface area contributed by atoms with Crippen molar-refractivity contribution in [2.45, 2.75) is 13.0 Å². The Bertz CT molecular complexity index is 1060. The number of benzene rings is 2. The number of amides is 1. The molecule has 1 aromatic heterocycles. The quantitative estimate of drug-likeness (QED) is 0.644. The second-order valence-corrected chi connectivity index (χ2v) is 6.99. The number of hydrogen-bond donors (Lipinski definition) is 2. The first kappa shape index (κ1) is 22.6. The summed E-state index contributed by atoms with van der Waals surface area (Å²) in [4.78, 5) is 26.8. The van der Waals surface area contributed by atoms with Crippen molar-refractivity contribution < 1.29 is 14.3 Å². The zero-order chi connectivity index (χ0) is 20.3. The molecule has 3 aromatic rings. The fourth-order valence-electron chi connectivity index (χ4n) is 3.12. The van der Waals surface area contributed by atoms with Crippen LogP contribution in [-0.2, 0) is 0 Å². The van der Waals surface area contributed by atoms with Crippen LogP contribution in [0.2, 0.25) is 0 Å². The molecule has 154 valence electrons. The van der Waals surface area contributed by atoms with E-state index in [2.05, 4.69) is 5.32 Å². The van der Waals surface area contributed by atoms with E-state index in [0.29, 0.717) is 34.0 Å². The van der Waals surface area contributed by atoms with Gasteiger partial charge in [-0.15, -0.1) is 12.4 Å². The van der Waals surface area contributed by atoms with Crippen LogP contribution in [0.5, 0.6) is 0 Å². The van der Waals surface area contributed by atoms with E-state index in [0.717, 1.165) is 6.54 Å². The highest BCUT2D eigenvalue weighted by molar-refractivity contribution is 6.00. The maximum atomic E-state index is 12.5. The molecule has 3 rings (SSSR count). The van der Waals surface area contributed by atoms with E-state index < -0.39 is 11.7 Å². The molecule has 0 aliphatic carbocycles. The smallest absolute Gasteiger partial charge is 0.343 e. The van der Waals surface area contributed by atoms with E-state index in [1.807, 2.05) is 37.2 Å². The van der Waals surface area contributed by atoms with E-state index in [4.69, 9.17) is 4.42 Å². The summed E-state index contributed by atoms with van der Waals surface area (Å²) in [5.41, 5.74) is 1.33. The zero-order valence-electron chi connectivity index (χ0n) is 16.6. The van der Waals surface area contributed by atoms with E-state index in [1.54, 1.807) is 37.3 Å². The highest BCUT2D eigenvalue weighted by Gasteiger charge is 2.19. The van der Waals surface area contributed by atoms with E-state index in [-0.39, 0.29) is 24.1 Å². The number of carbonyl (C=O) groups excluding carboxylic acids is 1. The predicted molar refractivity (Wildman–Crippen MR) is 117 cm³/mol. The Morgan fingerprint density at radius 1 is 1.14 bits per heavy atom. The number of nitrogens with zero attached hydrogens (tertiary/aromatic N) is 1. The van der Waals surface area contributed by atoms with Crippen LogP contribution in [-0.4, -0.2) is 43.1 Å². The zero-order valence-corrected chi connectivity index (χ0v) is 17.5. The Kier molecular flexibility index (Phi) is 7.56. The van der Waals surface area contributed by atoms with Crippen LogP contribution in [0.1, 0.15) is 29.1 Å². The van der Waals surface area contributed by atoms with Gasteiger partial charge in [-0.2, -0.15) is 0 Å². The van der Waals surface area contributed by atoms with Crippen molar-refractivity contribution in [1.29, 1.82) is 0 Å². The van der Waals surface area contributed by atoms with Gasteiger partial charge in [0, 0.05) is 29.6 Å². The Morgan fingerprint density at radius 3 is 2.48 bits per heavy atom. The summed E-state index contributed by atoms with van der Waals surface area (Å²) in [6.45, 7) is 2.83. The predicted octanol–water partition coefficient (Wildman–Crippen LogP) is 3.23. The minimum absolute atomic E-state index is 0. The number of halogens is 1. The molecule has 0 spiro atoms. The summed E-state index contributed by atoms with van der Waals surface area (Å²) >= 11 is 0. The van der Waals surface area contributed by atoms with Crippen LogP contribution in [0.3, 0.4) is 0 Å². The van der Waals surface area contributed by atoms with Gasteiger partial charge in [0.1, 0.15) is 11.9 Å². The van der Waals surface area contributed by atoms with Gasteiger partial charge in [-0.05, 0) is 44.8 Å². The normalized spacial score (nSPS) is 11.9. The second kappa shape index (κ2) is 9.69. The lowest BCUT2D eigenvalue weighted by atomic mass is 9.95. The molecular formula is C22H25ClN2O4. The maximum Gasteiger partial charge on any atom is 0.343 e.